The Labute approximate surface area is 179 Å². The molecule has 0 unspecified atom stereocenters. The lowest BCUT2D eigenvalue weighted by atomic mass is 9.81. The van der Waals surface area contributed by atoms with Gasteiger partial charge in [0.05, 0.1) is 40.5 Å². The lowest BCUT2D eigenvalue weighted by Gasteiger charge is -2.46. The highest BCUT2D eigenvalue weighted by atomic mass is 16.5. The van der Waals surface area contributed by atoms with Crippen LogP contribution < -0.4 is 18.9 Å². The normalized spacial score (nSPS) is 21.5. The fourth-order valence-electron chi connectivity index (χ4n) is 5.03. The highest BCUT2D eigenvalue weighted by Crippen LogP contribution is 2.48. The number of likely N-dealkylation sites (N-methyl/N-ethyl adjacent to an activating group) is 2. The maximum absolute atomic E-state index is 5.64. The summed E-state index contributed by atoms with van der Waals surface area (Å²) in [6.07, 6.45) is 2.00. The van der Waals surface area contributed by atoms with E-state index in [-0.39, 0.29) is 12.1 Å². The summed E-state index contributed by atoms with van der Waals surface area (Å²) in [7, 11) is 11.2. The predicted octanol–water partition coefficient (Wildman–Crippen LogP) is 3.48. The molecule has 0 saturated carbocycles. The third-order valence-corrected chi connectivity index (χ3v) is 6.64. The fraction of sp³-hybridized carbons (Fsp3) is 0.500. The van der Waals surface area contributed by atoms with Crippen molar-refractivity contribution in [1.29, 1.82) is 0 Å². The maximum atomic E-state index is 5.64. The van der Waals surface area contributed by atoms with Gasteiger partial charge in [-0.25, -0.2) is 0 Å². The van der Waals surface area contributed by atoms with Gasteiger partial charge in [-0.3, -0.25) is 9.80 Å². The standard InChI is InChI=1S/C24H32N2O4/c1-25-9-7-15-11-19(27-3)21(29-5)13-17(15)23(25)24-18-14-22(30-6)20(28-4)12-16(18)8-10-26(24)2/h11-14,23-24H,7-10H2,1-6H3/t23-,24-/m0/s1. The molecule has 2 aromatic rings. The first kappa shape index (κ1) is 20.8. The van der Waals surface area contributed by atoms with Crippen LogP contribution in [0.3, 0.4) is 0 Å². The molecule has 0 bridgehead atoms. The molecule has 2 aliphatic heterocycles. The SMILES string of the molecule is COc1cc2c(cc1OC)[C@@H]([C@@H]1c3cc(OC)c(OC)cc3CCN1C)N(C)CC2. The van der Waals surface area contributed by atoms with Crippen molar-refractivity contribution in [2.24, 2.45) is 0 Å². The monoisotopic (exact) mass is 412 g/mol. The van der Waals surface area contributed by atoms with Crippen LogP contribution in [0.5, 0.6) is 23.0 Å². The van der Waals surface area contributed by atoms with Crippen molar-refractivity contribution < 1.29 is 18.9 Å². The summed E-state index contributed by atoms with van der Waals surface area (Å²) in [5.74, 6) is 3.15. The smallest absolute Gasteiger partial charge is 0.161 e. The lowest BCUT2D eigenvalue weighted by Crippen LogP contribution is -2.44. The average Bonchev–Trinajstić information content (AvgIpc) is 2.77. The van der Waals surface area contributed by atoms with E-state index >= 15 is 0 Å². The second-order valence-corrected chi connectivity index (χ2v) is 8.16. The number of ether oxygens (including phenoxy) is 4. The molecule has 2 heterocycles. The quantitative estimate of drug-likeness (QED) is 0.749. The maximum Gasteiger partial charge on any atom is 0.161 e. The van der Waals surface area contributed by atoms with Crippen LogP contribution in [0.25, 0.3) is 0 Å². The van der Waals surface area contributed by atoms with Crippen molar-refractivity contribution in [3.05, 3.63) is 46.5 Å². The summed E-state index contributed by atoms with van der Waals surface area (Å²) in [6.45, 7) is 2.00. The van der Waals surface area contributed by atoms with Gasteiger partial charge in [0.1, 0.15) is 0 Å². The van der Waals surface area contributed by atoms with E-state index in [1.54, 1.807) is 28.4 Å². The van der Waals surface area contributed by atoms with E-state index in [0.29, 0.717) is 0 Å². The summed E-state index contributed by atoms with van der Waals surface area (Å²) < 4.78 is 22.4. The van der Waals surface area contributed by atoms with E-state index in [4.69, 9.17) is 18.9 Å². The van der Waals surface area contributed by atoms with Crippen LogP contribution in [0.2, 0.25) is 0 Å². The molecule has 2 aromatic carbocycles. The van der Waals surface area contributed by atoms with Crippen molar-refractivity contribution in [3.8, 4) is 23.0 Å². The van der Waals surface area contributed by atoms with Crippen molar-refractivity contribution >= 4 is 0 Å². The van der Waals surface area contributed by atoms with Crippen LogP contribution in [0.4, 0.5) is 0 Å². The van der Waals surface area contributed by atoms with Gasteiger partial charge < -0.3 is 18.9 Å². The van der Waals surface area contributed by atoms with Crippen LogP contribution in [-0.2, 0) is 12.8 Å². The Morgan fingerprint density at radius 2 is 0.933 bits per heavy atom. The lowest BCUT2D eigenvalue weighted by molar-refractivity contribution is 0.0964. The molecule has 0 radical (unpaired) electrons. The highest BCUT2D eigenvalue weighted by Gasteiger charge is 2.39. The minimum atomic E-state index is 0.204. The molecular formula is C24H32N2O4. The Kier molecular flexibility index (Phi) is 5.80. The molecule has 0 spiro atoms. The number of hydrogen-bond donors (Lipinski definition) is 0. The topological polar surface area (TPSA) is 43.4 Å². The summed E-state index contributed by atoms with van der Waals surface area (Å²) >= 11 is 0. The highest BCUT2D eigenvalue weighted by molar-refractivity contribution is 5.53. The Balaban J connectivity index is 1.87. The Morgan fingerprint density at radius 3 is 1.27 bits per heavy atom. The van der Waals surface area contributed by atoms with Gasteiger partial charge in [0.15, 0.2) is 23.0 Å². The van der Waals surface area contributed by atoms with E-state index in [1.807, 2.05) is 0 Å². The molecule has 6 heteroatoms. The van der Waals surface area contributed by atoms with Gasteiger partial charge in [-0.15, -0.1) is 0 Å². The molecule has 30 heavy (non-hydrogen) atoms. The zero-order chi connectivity index (χ0) is 21.4. The van der Waals surface area contributed by atoms with E-state index < -0.39 is 0 Å². The van der Waals surface area contributed by atoms with Crippen LogP contribution >= 0.6 is 0 Å². The number of rotatable bonds is 5. The Morgan fingerprint density at radius 1 is 0.600 bits per heavy atom. The summed E-state index contributed by atoms with van der Waals surface area (Å²) in [6, 6.07) is 9.03. The molecule has 162 valence electrons. The van der Waals surface area contributed by atoms with Crippen LogP contribution in [-0.4, -0.2) is 65.4 Å². The molecule has 4 rings (SSSR count). The molecule has 0 saturated heterocycles. The van der Waals surface area contributed by atoms with E-state index in [1.165, 1.54) is 22.3 Å². The number of hydrogen-bond acceptors (Lipinski definition) is 6. The van der Waals surface area contributed by atoms with Gasteiger partial charge in [-0.2, -0.15) is 0 Å². The number of fused-ring (bicyclic) bond motifs is 2. The van der Waals surface area contributed by atoms with Gasteiger partial charge >= 0.3 is 0 Å². The molecule has 0 aromatic heterocycles. The molecule has 0 fully saturated rings. The van der Waals surface area contributed by atoms with Crippen molar-refractivity contribution in [2.45, 2.75) is 24.9 Å². The van der Waals surface area contributed by atoms with Crippen molar-refractivity contribution in [3.63, 3.8) is 0 Å². The van der Waals surface area contributed by atoms with Crippen LogP contribution in [0.1, 0.15) is 34.3 Å². The molecule has 0 amide bonds. The van der Waals surface area contributed by atoms with Gasteiger partial charge in [-0.1, -0.05) is 0 Å². The first-order chi connectivity index (χ1) is 14.5. The Bertz CT molecular complexity index is 854. The minimum absolute atomic E-state index is 0.204. The summed E-state index contributed by atoms with van der Waals surface area (Å²) in [5, 5.41) is 0. The number of methoxy groups -OCH3 is 4. The van der Waals surface area contributed by atoms with Crippen molar-refractivity contribution in [2.75, 3.05) is 55.6 Å². The third-order valence-electron chi connectivity index (χ3n) is 6.64. The number of nitrogens with zero attached hydrogens (tertiary/aromatic N) is 2. The fourth-order valence-corrected chi connectivity index (χ4v) is 5.03. The number of benzene rings is 2. The Hall–Kier alpha value is -2.44. The predicted molar refractivity (Wildman–Crippen MR) is 117 cm³/mol. The van der Waals surface area contributed by atoms with Crippen LogP contribution in [0, 0.1) is 0 Å². The van der Waals surface area contributed by atoms with Gasteiger partial charge in [0.2, 0.25) is 0 Å². The van der Waals surface area contributed by atoms with Gasteiger partial charge in [-0.05, 0) is 73.5 Å². The first-order valence-electron chi connectivity index (χ1n) is 10.4. The third kappa shape index (κ3) is 3.38. The molecule has 6 nitrogen and oxygen atoms in total. The van der Waals surface area contributed by atoms with Gasteiger partial charge in [0.25, 0.3) is 0 Å². The van der Waals surface area contributed by atoms with Crippen molar-refractivity contribution in [1.82, 2.24) is 9.80 Å². The molecule has 2 atom stereocenters. The average molecular weight is 413 g/mol. The second-order valence-electron chi connectivity index (χ2n) is 8.16. The summed E-state index contributed by atoms with van der Waals surface area (Å²) in [4.78, 5) is 4.92. The molecule has 2 aliphatic rings. The van der Waals surface area contributed by atoms with E-state index in [9.17, 15) is 0 Å². The largest absolute Gasteiger partial charge is 0.493 e. The zero-order valence-electron chi connectivity index (χ0n) is 18.8. The minimum Gasteiger partial charge on any atom is -0.493 e. The van der Waals surface area contributed by atoms with Gasteiger partial charge in [0, 0.05) is 13.1 Å². The molecule has 0 N–H and O–H groups in total. The zero-order valence-corrected chi connectivity index (χ0v) is 18.8. The molecular weight excluding hydrogens is 380 g/mol. The van der Waals surface area contributed by atoms with Crippen LogP contribution in [0.15, 0.2) is 24.3 Å². The van der Waals surface area contributed by atoms with E-state index in [0.717, 1.165) is 48.9 Å². The first-order valence-corrected chi connectivity index (χ1v) is 10.4. The molecule has 0 aliphatic carbocycles. The summed E-state index contributed by atoms with van der Waals surface area (Å²) in [5.41, 5.74) is 5.27. The second kappa shape index (κ2) is 8.36. The van der Waals surface area contributed by atoms with E-state index in [2.05, 4.69) is 48.2 Å².